The topological polar surface area (TPSA) is 43.1 Å². The van der Waals surface area contributed by atoms with Crippen LogP contribution >= 0.6 is 0 Å². The van der Waals surface area contributed by atoms with Crippen LogP contribution in [0.1, 0.15) is 27.0 Å². The number of allylic oxidation sites excluding steroid dienone is 1. The molecule has 2 N–H and O–H groups in total. The highest BCUT2D eigenvalue weighted by Crippen LogP contribution is 2.20. The van der Waals surface area contributed by atoms with E-state index in [-0.39, 0.29) is 5.78 Å². The van der Waals surface area contributed by atoms with Crippen molar-refractivity contribution in [3.8, 4) is 0 Å². The molecular weight excluding hydrogens is 234 g/mol. The number of hydrogen-bond donors (Lipinski definition) is 1. The first-order chi connectivity index (χ1) is 9.09. The van der Waals surface area contributed by atoms with Crippen molar-refractivity contribution in [2.45, 2.75) is 13.8 Å². The molecule has 0 spiro atoms. The number of nitrogen functional groups attached to an aromatic ring is 1. The summed E-state index contributed by atoms with van der Waals surface area (Å²) < 4.78 is 0. The molecular formula is C17H17NO. The number of carbonyl (C=O) groups is 1. The van der Waals surface area contributed by atoms with Crippen molar-refractivity contribution in [2.75, 3.05) is 5.73 Å². The molecule has 96 valence electrons. The predicted molar refractivity (Wildman–Crippen MR) is 80.1 cm³/mol. The first-order valence-corrected chi connectivity index (χ1v) is 6.22. The first kappa shape index (κ1) is 13.1. The van der Waals surface area contributed by atoms with E-state index in [1.165, 1.54) is 0 Å². The number of benzene rings is 2. The fourth-order valence-electron chi connectivity index (χ4n) is 1.91. The Morgan fingerprint density at radius 1 is 1.00 bits per heavy atom. The lowest BCUT2D eigenvalue weighted by atomic mass is 10.0. The predicted octanol–water partition coefficient (Wildman–Crippen LogP) is 3.78. The Balaban J connectivity index is 2.25. The van der Waals surface area contributed by atoms with Crippen LogP contribution in [0.2, 0.25) is 0 Å². The second kappa shape index (κ2) is 5.53. The van der Waals surface area contributed by atoms with Crippen molar-refractivity contribution in [2.24, 2.45) is 0 Å². The molecule has 2 aromatic rings. The second-order valence-electron chi connectivity index (χ2n) is 4.56. The monoisotopic (exact) mass is 251 g/mol. The molecule has 0 atom stereocenters. The number of anilines is 1. The van der Waals surface area contributed by atoms with Crippen molar-refractivity contribution < 1.29 is 4.79 Å². The van der Waals surface area contributed by atoms with Gasteiger partial charge in [-0.2, -0.15) is 0 Å². The number of ketones is 1. The summed E-state index contributed by atoms with van der Waals surface area (Å²) in [4.78, 5) is 12.0. The molecule has 0 fully saturated rings. The summed E-state index contributed by atoms with van der Waals surface area (Å²) in [5, 5.41) is 0. The number of carbonyl (C=O) groups excluding carboxylic acids is 1. The molecule has 0 amide bonds. The third kappa shape index (κ3) is 2.91. The van der Waals surface area contributed by atoms with Crippen LogP contribution in [-0.4, -0.2) is 5.78 Å². The Hall–Kier alpha value is -2.35. The van der Waals surface area contributed by atoms with Crippen LogP contribution in [0.4, 0.5) is 5.69 Å². The molecule has 0 saturated carbocycles. The fourth-order valence-corrected chi connectivity index (χ4v) is 1.91. The van der Waals surface area contributed by atoms with E-state index >= 15 is 0 Å². The number of hydrogen-bond acceptors (Lipinski definition) is 2. The van der Waals surface area contributed by atoms with Crippen LogP contribution in [0.25, 0.3) is 6.08 Å². The molecule has 0 aliphatic rings. The highest BCUT2D eigenvalue weighted by atomic mass is 16.1. The molecule has 2 heteroatoms. The van der Waals surface area contributed by atoms with Gasteiger partial charge in [0.2, 0.25) is 0 Å². The maximum absolute atomic E-state index is 12.0. The number of nitrogens with two attached hydrogens (primary N) is 1. The van der Waals surface area contributed by atoms with E-state index in [1.54, 1.807) is 6.08 Å². The van der Waals surface area contributed by atoms with Gasteiger partial charge in [-0.15, -0.1) is 0 Å². The zero-order valence-electron chi connectivity index (χ0n) is 11.2. The molecule has 0 saturated heterocycles. The van der Waals surface area contributed by atoms with Gasteiger partial charge in [-0.25, -0.2) is 0 Å². The Morgan fingerprint density at radius 3 is 2.37 bits per heavy atom. The van der Waals surface area contributed by atoms with Crippen LogP contribution in [0, 0.1) is 13.8 Å². The zero-order valence-corrected chi connectivity index (χ0v) is 11.2. The van der Waals surface area contributed by atoms with E-state index in [1.807, 2.05) is 62.4 Å². The lowest BCUT2D eigenvalue weighted by molar-refractivity contribution is 0.104. The lowest BCUT2D eigenvalue weighted by Gasteiger charge is -2.07. The average Bonchev–Trinajstić information content (AvgIpc) is 2.45. The van der Waals surface area contributed by atoms with Crippen LogP contribution in [0.15, 0.2) is 48.5 Å². The molecule has 0 bridgehead atoms. The Kier molecular flexibility index (Phi) is 3.81. The summed E-state index contributed by atoms with van der Waals surface area (Å²) in [7, 11) is 0. The Bertz CT molecular complexity index is 627. The van der Waals surface area contributed by atoms with Gasteiger partial charge in [-0.05, 0) is 42.7 Å². The van der Waals surface area contributed by atoms with Gasteiger partial charge >= 0.3 is 0 Å². The summed E-state index contributed by atoms with van der Waals surface area (Å²) in [6.07, 6.45) is 3.45. The van der Waals surface area contributed by atoms with E-state index in [9.17, 15) is 4.79 Å². The van der Waals surface area contributed by atoms with Gasteiger partial charge in [0.1, 0.15) is 0 Å². The Morgan fingerprint density at radius 2 is 1.68 bits per heavy atom. The molecule has 2 aromatic carbocycles. The minimum Gasteiger partial charge on any atom is -0.399 e. The van der Waals surface area contributed by atoms with E-state index < -0.39 is 0 Å². The van der Waals surface area contributed by atoms with Gasteiger partial charge in [0.25, 0.3) is 0 Å². The summed E-state index contributed by atoms with van der Waals surface area (Å²) in [5.41, 5.74) is 10.5. The van der Waals surface area contributed by atoms with Crippen LogP contribution < -0.4 is 5.73 Å². The molecule has 0 aromatic heterocycles. The molecule has 0 unspecified atom stereocenters. The van der Waals surface area contributed by atoms with Crippen LogP contribution in [0.5, 0.6) is 0 Å². The van der Waals surface area contributed by atoms with Gasteiger partial charge in [0.15, 0.2) is 5.78 Å². The molecule has 2 nitrogen and oxygen atoms in total. The van der Waals surface area contributed by atoms with Gasteiger partial charge in [-0.3, -0.25) is 4.79 Å². The highest BCUT2D eigenvalue weighted by molar-refractivity contribution is 6.06. The summed E-state index contributed by atoms with van der Waals surface area (Å²) in [6.45, 7) is 4.00. The average molecular weight is 251 g/mol. The molecule has 0 radical (unpaired) electrons. The Labute approximate surface area is 113 Å². The van der Waals surface area contributed by atoms with Gasteiger partial charge in [-0.1, -0.05) is 42.5 Å². The minimum absolute atomic E-state index is 0.00878. The molecule has 0 aliphatic carbocycles. The molecule has 0 aliphatic heterocycles. The zero-order chi connectivity index (χ0) is 13.8. The summed E-state index contributed by atoms with van der Waals surface area (Å²) in [5.74, 6) is 0.00878. The van der Waals surface area contributed by atoms with Crippen LogP contribution in [0.3, 0.4) is 0 Å². The third-order valence-corrected chi connectivity index (χ3v) is 3.34. The maximum Gasteiger partial charge on any atom is 0.185 e. The van der Waals surface area contributed by atoms with Crippen LogP contribution in [-0.2, 0) is 0 Å². The van der Waals surface area contributed by atoms with Gasteiger partial charge in [0.05, 0.1) is 0 Å². The van der Waals surface area contributed by atoms with Crippen molar-refractivity contribution in [3.63, 3.8) is 0 Å². The van der Waals surface area contributed by atoms with E-state index in [4.69, 9.17) is 5.73 Å². The molecule has 19 heavy (non-hydrogen) atoms. The summed E-state index contributed by atoms with van der Waals surface area (Å²) >= 11 is 0. The lowest BCUT2D eigenvalue weighted by Crippen LogP contribution is -1.96. The highest BCUT2D eigenvalue weighted by Gasteiger charge is 2.03. The quantitative estimate of drug-likeness (QED) is 0.512. The minimum atomic E-state index is 0.00878. The SMILES string of the molecule is Cc1c(N)ccc(C=CC(=O)c2ccccc2)c1C. The second-order valence-corrected chi connectivity index (χ2v) is 4.56. The first-order valence-electron chi connectivity index (χ1n) is 6.22. The number of rotatable bonds is 3. The van der Waals surface area contributed by atoms with Gasteiger partial charge < -0.3 is 5.73 Å². The van der Waals surface area contributed by atoms with E-state index in [0.29, 0.717) is 5.56 Å². The summed E-state index contributed by atoms with van der Waals surface area (Å²) in [6, 6.07) is 13.1. The third-order valence-electron chi connectivity index (χ3n) is 3.34. The fraction of sp³-hybridized carbons (Fsp3) is 0.118. The normalized spacial score (nSPS) is 10.8. The smallest absolute Gasteiger partial charge is 0.185 e. The van der Waals surface area contributed by atoms with Gasteiger partial charge in [0, 0.05) is 11.3 Å². The van der Waals surface area contributed by atoms with Crippen molar-refractivity contribution >= 4 is 17.5 Å². The molecule has 2 rings (SSSR count). The van der Waals surface area contributed by atoms with Crippen molar-refractivity contribution in [1.29, 1.82) is 0 Å². The van der Waals surface area contributed by atoms with Crippen molar-refractivity contribution in [1.82, 2.24) is 0 Å². The van der Waals surface area contributed by atoms with E-state index in [0.717, 1.165) is 22.4 Å². The molecule has 0 heterocycles. The largest absolute Gasteiger partial charge is 0.399 e. The van der Waals surface area contributed by atoms with E-state index in [2.05, 4.69) is 0 Å². The van der Waals surface area contributed by atoms with Crippen molar-refractivity contribution in [3.05, 3.63) is 70.8 Å². The standard InChI is InChI=1S/C17H17NO/c1-12-13(2)16(18)10-8-14(12)9-11-17(19)15-6-4-3-5-7-15/h3-11H,18H2,1-2H3. The maximum atomic E-state index is 12.0.